The first kappa shape index (κ1) is 11.2. The third-order valence-corrected chi connectivity index (χ3v) is 2.90. The van der Waals surface area contributed by atoms with Gasteiger partial charge in [-0.05, 0) is 19.1 Å². The number of aliphatic hydroxyl groups excluding tert-OH is 1. The number of anilines is 2. The average Bonchev–Trinajstić information content (AvgIpc) is 2.61. The van der Waals surface area contributed by atoms with Crippen LogP contribution in [0.5, 0.6) is 0 Å². The maximum absolute atomic E-state index is 9.84. The highest BCUT2D eigenvalue weighted by molar-refractivity contribution is 5.67. The summed E-state index contributed by atoms with van der Waals surface area (Å²) < 4.78 is 5.47. The molecular formula is C12H18N2O2. The van der Waals surface area contributed by atoms with Crippen molar-refractivity contribution >= 4 is 11.4 Å². The van der Waals surface area contributed by atoms with Gasteiger partial charge in [0.15, 0.2) is 0 Å². The first-order chi connectivity index (χ1) is 7.72. The van der Waals surface area contributed by atoms with E-state index in [0.717, 1.165) is 11.4 Å². The van der Waals surface area contributed by atoms with Crippen molar-refractivity contribution < 1.29 is 9.84 Å². The number of rotatable bonds is 3. The number of aliphatic hydroxyl groups is 1. The van der Waals surface area contributed by atoms with Crippen LogP contribution in [-0.4, -0.2) is 37.0 Å². The maximum Gasteiger partial charge on any atom is 0.102 e. The molecule has 1 saturated heterocycles. The topological polar surface area (TPSA) is 58.7 Å². The first-order valence-corrected chi connectivity index (χ1v) is 5.61. The summed E-state index contributed by atoms with van der Waals surface area (Å²) in [5.41, 5.74) is 7.62. The molecule has 3 N–H and O–H groups in total. The molecule has 1 aromatic rings. The minimum atomic E-state index is -0.431. The van der Waals surface area contributed by atoms with Gasteiger partial charge in [-0.2, -0.15) is 0 Å². The lowest BCUT2D eigenvalue weighted by molar-refractivity contribution is -0.00189. The van der Waals surface area contributed by atoms with Crippen molar-refractivity contribution in [2.45, 2.75) is 19.1 Å². The van der Waals surface area contributed by atoms with Crippen LogP contribution in [0.25, 0.3) is 0 Å². The Morgan fingerprint density at radius 2 is 2.19 bits per heavy atom. The number of para-hydroxylation sites is 2. The summed E-state index contributed by atoms with van der Waals surface area (Å²) in [6.45, 7) is 3.84. The molecule has 16 heavy (non-hydrogen) atoms. The molecule has 4 nitrogen and oxygen atoms in total. The second-order valence-corrected chi connectivity index (χ2v) is 4.02. The summed E-state index contributed by atoms with van der Waals surface area (Å²) in [7, 11) is 0. The van der Waals surface area contributed by atoms with Gasteiger partial charge < -0.3 is 20.5 Å². The van der Waals surface area contributed by atoms with E-state index in [-0.39, 0.29) is 6.10 Å². The van der Waals surface area contributed by atoms with Crippen LogP contribution in [-0.2, 0) is 4.74 Å². The Morgan fingerprint density at radius 1 is 1.44 bits per heavy atom. The lowest BCUT2D eigenvalue weighted by atomic mass is 10.2. The molecule has 4 heteroatoms. The van der Waals surface area contributed by atoms with Gasteiger partial charge in [0.05, 0.1) is 17.5 Å². The molecule has 0 aliphatic carbocycles. The van der Waals surface area contributed by atoms with Crippen molar-refractivity contribution in [3.05, 3.63) is 24.3 Å². The zero-order chi connectivity index (χ0) is 11.5. The van der Waals surface area contributed by atoms with Gasteiger partial charge in [0.1, 0.15) is 6.10 Å². The fraction of sp³-hybridized carbons (Fsp3) is 0.500. The maximum atomic E-state index is 9.84. The summed E-state index contributed by atoms with van der Waals surface area (Å²) in [6, 6.07) is 7.70. The first-order valence-electron chi connectivity index (χ1n) is 5.61. The Kier molecular flexibility index (Phi) is 3.31. The van der Waals surface area contributed by atoms with Crippen molar-refractivity contribution in [2.75, 3.05) is 30.3 Å². The van der Waals surface area contributed by atoms with E-state index in [1.807, 2.05) is 31.2 Å². The van der Waals surface area contributed by atoms with Gasteiger partial charge in [0.25, 0.3) is 0 Å². The lowest BCUT2D eigenvalue weighted by Crippen LogP contribution is -2.26. The molecule has 1 heterocycles. The Balaban J connectivity index is 2.11. The Labute approximate surface area is 95.6 Å². The number of nitrogens with two attached hydrogens (primary N) is 1. The number of β-amino-alcohol motifs (C(OH)–C–C–N with tert-alkyl or cyclic N) is 1. The molecule has 2 atom stereocenters. The molecule has 88 valence electrons. The van der Waals surface area contributed by atoms with E-state index in [9.17, 15) is 5.11 Å². The molecule has 1 aromatic carbocycles. The summed E-state index contributed by atoms with van der Waals surface area (Å²) in [6.07, 6.45) is -0.538. The van der Waals surface area contributed by atoms with Crippen LogP contribution in [0.4, 0.5) is 11.4 Å². The zero-order valence-corrected chi connectivity index (χ0v) is 9.47. The van der Waals surface area contributed by atoms with Crippen molar-refractivity contribution in [2.24, 2.45) is 0 Å². The number of nitrogens with zero attached hydrogens (tertiary/aromatic N) is 1. The molecule has 2 rings (SSSR count). The molecular weight excluding hydrogens is 204 g/mol. The normalized spacial score (nSPS) is 25.0. The third kappa shape index (κ3) is 2.13. The number of nitrogen functional groups attached to an aromatic ring is 1. The SMILES string of the molecule is CCO[C@@H]1CN(c2ccccc2N)C[C@@H]1O. The Hall–Kier alpha value is -1.26. The second kappa shape index (κ2) is 4.72. The smallest absolute Gasteiger partial charge is 0.102 e. The van der Waals surface area contributed by atoms with Crippen LogP contribution in [0, 0.1) is 0 Å². The fourth-order valence-corrected chi connectivity index (χ4v) is 2.11. The highest BCUT2D eigenvalue weighted by Crippen LogP contribution is 2.27. The van der Waals surface area contributed by atoms with Crippen molar-refractivity contribution in [3.63, 3.8) is 0 Å². The second-order valence-electron chi connectivity index (χ2n) is 4.02. The van der Waals surface area contributed by atoms with Gasteiger partial charge >= 0.3 is 0 Å². The van der Waals surface area contributed by atoms with Crippen LogP contribution in [0.15, 0.2) is 24.3 Å². The average molecular weight is 222 g/mol. The molecule has 1 fully saturated rings. The van der Waals surface area contributed by atoms with Gasteiger partial charge in [0.2, 0.25) is 0 Å². The van der Waals surface area contributed by atoms with Gasteiger partial charge in [-0.1, -0.05) is 12.1 Å². The molecule has 0 radical (unpaired) electrons. The molecule has 0 aromatic heterocycles. The Bertz CT molecular complexity index is 357. The van der Waals surface area contributed by atoms with Crippen LogP contribution in [0.1, 0.15) is 6.92 Å². The summed E-state index contributed by atoms with van der Waals surface area (Å²) in [4.78, 5) is 2.07. The third-order valence-electron chi connectivity index (χ3n) is 2.90. The minimum absolute atomic E-state index is 0.107. The molecule has 1 aliphatic heterocycles. The molecule has 0 amide bonds. The summed E-state index contributed by atoms with van der Waals surface area (Å²) in [5, 5.41) is 9.84. The van der Waals surface area contributed by atoms with E-state index < -0.39 is 6.10 Å². The summed E-state index contributed by atoms with van der Waals surface area (Å²) >= 11 is 0. The van der Waals surface area contributed by atoms with E-state index in [2.05, 4.69) is 4.90 Å². The van der Waals surface area contributed by atoms with E-state index in [4.69, 9.17) is 10.5 Å². The predicted octanol–water partition coefficient (Wildman–Crippen LogP) is 0.855. The van der Waals surface area contributed by atoms with Gasteiger partial charge in [-0.3, -0.25) is 0 Å². The molecule has 0 bridgehead atoms. The van der Waals surface area contributed by atoms with Crippen molar-refractivity contribution in [1.82, 2.24) is 0 Å². The van der Waals surface area contributed by atoms with E-state index >= 15 is 0 Å². The fourth-order valence-electron chi connectivity index (χ4n) is 2.11. The van der Waals surface area contributed by atoms with Gasteiger partial charge in [-0.15, -0.1) is 0 Å². The highest BCUT2D eigenvalue weighted by Gasteiger charge is 2.32. The predicted molar refractivity (Wildman–Crippen MR) is 64.5 cm³/mol. The van der Waals surface area contributed by atoms with Gasteiger partial charge in [0, 0.05) is 19.7 Å². The van der Waals surface area contributed by atoms with Crippen molar-refractivity contribution in [3.8, 4) is 0 Å². The largest absolute Gasteiger partial charge is 0.397 e. The molecule has 0 spiro atoms. The Morgan fingerprint density at radius 3 is 2.88 bits per heavy atom. The summed E-state index contributed by atoms with van der Waals surface area (Å²) in [5.74, 6) is 0. The molecule has 0 unspecified atom stereocenters. The lowest BCUT2D eigenvalue weighted by Gasteiger charge is -2.19. The minimum Gasteiger partial charge on any atom is -0.397 e. The van der Waals surface area contributed by atoms with E-state index in [1.165, 1.54) is 0 Å². The molecule has 0 saturated carbocycles. The number of benzene rings is 1. The molecule has 1 aliphatic rings. The standard InChI is InChI=1S/C12H18N2O2/c1-2-16-12-8-14(7-11(12)15)10-6-4-3-5-9(10)13/h3-6,11-12,15H,2,7-8,13H2,1H3/t11-,12+/m0/s1. The quantitative estimate of drug-likeness (QED) is 0.745. The number of hydrogen-bond acceptors (Lipinski definition) is 4. The zero-order valence-electron chi connectivity index (χ0n) is 9.47. The van der Waals surface area contributed by atoms with Gasteiger partial charge in [-0.25, -0.2) is 0 Å². The number of ether oxygens (including phenoxy) is 1. The van der Waals surface area contributed by atoms with Crippen LogP contribution < -0.4 is 10.6 Å². The van der Waals surface area contributed by atoms with E-state index in [1.54, 1.807) is 0 Å². The van der Waals surface area contributed by atoms with Crippen LogP contribution in [0.3, 0.4) is 0 Å². The van der Waals surface area contributed by atoms with Crippen molar-refractivity contribution in [1.29, 1.82) is 0 Å². The number of hydrogen-bond donors (Lipinski definition) is 2. The monoisotopic (exact) mass is 222 g/mol. The van der Waals surface area contributed by atoms with Crippen LogP contribution in [0.2, 0.25) is 0 Å². The van der Waals surface area contributed by atoms with E-state index in [0.29, 0.717) is 19.7 Å². The van der Waals surface area contributed by atoms with Crippen LogP contribution >= 0.6 is 0 Å². The highest BCUT2D eigenvalue weighted by atomic mass is 16.5.